The van der Waals surface area contributed by atoms with E-state index in [9.17, 15) is 0 Å². The van der Waals surface area contributed by atoms with E-state index in [1.807, 2.05) is 12.3 Å². The molecule has 1 fully saturated rings. The van der Waals surface area contributed by atoms with E-state index < -0.39 is 8.07 Å². The highest BCUT2D eigenvalue weighted by Crippen LogP contribution is 2.41. The lowest BCUT2D eigenvalue weighted by Gasteiger charge is -2.38. The largest absolute Gasteiger partial charge is 0.383 e. The van der Waals surface area contributed by atoms with Crippen molar-refractivity contribution >= 4 is 42.2 Å². The van der Waals surface area contributed by atoms with Gasteiger partial charge in [0.1, 0.15) is 13.9 Å². The van der Waals surface area contributed by atoms with E-state index in [0.29, 0.717) is 47.2 Å². The first-order valence-corrected chi connectivity index (χ1v) is 17.8. The van der Waals surface area contributed by atoms with E-state index in [4.69, 9.17) is 20.4 Å². The summed E-state index contributed by atoms with van der Waals surface area (Å²) < 4.78 is 5.36. The minimum atomic E-state index is -1.95. The smallest absolute Gasteiger partial charge is 0.229 e. The van der Waals surface area contributed by atoms with Gasteiger partial charge < -0.3 is 30.9 Å². The van der Waals surface area contributed by atoms with Crippen molar-refractivity contribution in [3.8, 4) is 11.5 Å². The lowest BCUT2D eigenvalue weighted by Crippen LogP contribution is -2.44. The summed E-state index contributed by atoms with van der Waals surface area (Å²) >= 11 is 0. The Kier molecular flexibility index (Phi) is 11.0. The maximum atomic E-state index is 6.01. The van der Waals surface area contributed by atoms with Gasteiger partial charge in [-0.05, 0) is 54.0 Å². The SMILES string of the molecule is COC[C@H](CN)Nc1cc(C#C[Si](C(C)C)(C(C)C)C(C)C)c2cnc(Nc3ccc(N4CCN(C)CC4)cc3)nc2n1. The van der Waals surface area contributed by atoms with Crippen LogP contribution in [0.5, 0.6) is 0 Å². The van der Waals surface area contributed by atoms with E-state index in [0.717, 1.165) is 42.8 Å². The maximum absolute atomic E-state index is 6.01. The minimum Gasteiger partial charge on any atom is -0.383 e. The van der Waals surface area contributed by atoms with Crippen LogP contribution in [0.3, 0.4) is 0 Å². The van der Waals surface area contributed by atoms with Crippen molar-refractivity contribution in [1.82, 2.24) is 19.9 Å². The van der Waals surface area contributed by atoms with Crippen LogP contribution in [-0.2, 0) is 4.74 Å². The molecule has 3 heterocycles. The van der Waals surface area contributed by atoms with Crippen LogP contribution < -0.4 is 21.3 Å². The van der Waals surface area contributed by atoms with E-state index in [-0.39, 0.29) is 6.04 Å². The Bertz CT molecular complexity index is 1390. The second kappa shape index (κ2) is 14.5. The number of nitrogens with two attached hydrogens (primary N) is 1. The monoisotopic (exact) mass is 602 g/mol. The zero-order chi connectivity index (χ0) is 31.1. The average Bonchev–Trinajstić information content (AvgIpc) is 2.97. The van der Waals surface area contributed by atoms with Crippen LogP contribution in [0.4, 0.5) is 23.1 Å². The van der Waals surface area contributed by atoms with Gasteiger partial charge in [0, 0.05) is 63.0 Å². The maximum Gasteiger partial charge on any atom is 0.229 e. The number of ether oxygens (including phenoxy) is 1. The van der Waals surface area contributed by atoms with Gasteiger partial charge >= 0.3 is 0 Å². The first-order valence-electron chi connectivity index (χ1n) is 15.5. The first-order chi connectivity index (χ1) is 20.6. The summed E-state index contributed by atoms with van der Waals surface area (Å²) in [5.74, 6) is 4.78. The molecule has 9 nitrogen and oxygen atoms in total. The first kappa shape index (κ1) is 32.7. The molecule has 1 aromatic carbocycles. The number of methoxy groups -OCH3 is 1. The fourth-order valence-electron chi connectivity index (χ4n) is 6.38. The van der Waals surface area contributed by atoms with Gasteiger partial charge in [-0.15, -0.1) is 5.54 Å². The van der Waals surface area contributed by atoms with Gasteiger partial charge in [-0.2, -0.15) is 4.98 Å². The van der Waals surface area contributed by atoms with Crippen LogP contribution >= 0.6 is 0 Å². The van der Waals surface area contributed by atoms with Crippen LogP contribution in [0.15, 0.2) is 36.5 Å². The van der Waals surface area contributed by atoms with E-state index in [1.165, 1.54) is 5.69 Å². The van der Waals surface area contributed by atoms with E-state index in [2.05, 4.69) is 110 Å². The summed E-state index contributed by atoms with van der Waals surface area (Å²) in [6.07, 6.45) is 1.84. The molecule has 43 heavy (non-hydrogen) atoms. The van der Waals surface area contributed by atoms with Crippen LogP contribution in [0, 0.1) is 11.5 Å². The Morgan fingerprint density at radius 2 is 1.63 bits per heavy atom. The standard InChI is InChI=1S/C33H50N8OSi/c1-23(2)43(24(3)4,25(5)6)18-13-26-19-31(36-28(20-34)22-42-8)38-32-30(26)21-35-33(39-32)37-27-9-11-29(12-10-27)41-16-14-40(7)15-17-41/h9-12,19,21,23-25,28H,14-17,20,22,34H2,1-8H3,(H2,35,36,37,38,39)/t28-/m0/s1. The van der Waals surface area contributed by atoms with Gasteiger partial charge in [0.2, 0.25) is 5.95 Å². The molecule has 0 saturated carbocycles. The molecule has 4 N–H and O–H groups in total. The topological polar surface area (TPSA) is 104 Å². The van der Waals surface area contributed by atoms with Crippen LogP contribution in [-0.4, -0.2) is 87.5 Å². The lowest BCUT2D eigenvalue weighted by molar-refractivity contribution is 0.187. The number of piperazine rings is 1. The third kappa shape index (κ3) is 7.65. The van der Waals surface area contributed by atoms with Gasteiger partial charge in [-0.1, -0.05) is 47.5 Å². The quantitative estimate of drug-likeness (QED) is 0.195. The molecule has 0 aliphatic carbocycles. The number of hydrogen-bond donors (Lipinski definition) is 3. The molecule has 1 atom stereocenters. The molecular weight excluding hydrogens is 553 g/mol. The van der Waals surface area contributed by atoms with Crippen LogP contribution in [0.25, 0.3) is 11.0 Å². The molecule has 4 rings (SSSR count). The minimum absolute atomic E-state index is 0.0792. The highest BCUT2D eigenvalue weighted by Gasteiger charge is 2.41. The van der Waals surface area contributed by atoms with Crippen molar-refractivity contribution in [2.24, 2.45) is 5.73 Å². The molecule has 3 aromatic rings. The number of benzene rings is 1. The van der Waals surface area contributed by atoms with Crippen molar-refractivity contribution in [2.45, 2.75) is 64.2 Å². The summed E-state index contributed by atoms with van der Waals surface area (Å²) in [5.41, 5.74) is 15.1. The van der Waals surface area contributed by atoms with Gasteiger partial charge in [0.15, 0.2) is 5.65 Å². The van der Waals surface area contributed by atoms with Crippen molar-refractivity contribution in [3.63, 3.8) is 0 Å². The summed E-state index contributed by atoms with van der Waals surface area (Å²) in [5, 5.41) is 7.63. The summed E-state index contributed by atoms with van der Waals surface area (Å²) in [7, 11) is 1.89. The molecule has 232 valence electrons. The van der Waals surface area contributed by atoms with Gasteiger partial charge in [0.25, 0.3) is 0 Å². The molecule has 0 radical (unpaired) electrons. The van der Waals surface area contributed by atoms with Crippen molar-refractivity contribution in [1.29, 1.82) is 0 Å². The number of nitrogens with one attached hydrogen (secondary N) is 2. The third-order valence-electron chi connectivity index (χ3n) is 8.84. The Morgan fingerprint density at radius 1 is 0.977 bits per heavy atom. The molecular formula is C33H50N8OSi. The number of rotatable bonds is 11. The summed E-state index contributed by atoms with van der Waals surface area (Å²) in [6.45, 7) is 19.1. The van der Waals surface area contributed by atoms with Crippen molar-refractivity contribution < 1.29 is 4.74 Å². The van der Waals surface area contributed by atoms with E-state index in [1.54, 1.807) is 7.11 Å². The number of fused-ring (bicyclic) bond motifs is 1. The predicted octanol–water partition coefficient (Wildman–Crippen LogP) is 5.48. The lowest BCUT2D eigenvalue weighted by atomic mass is 10.2. The second-order valence-electron chi connectivity index (χ2n) is 12.6. The number of anilines is 4. The Labute approximate surface area is 259 Å². The molecule has 1 aliphatic heterocycles. The normalized spacial score (nSPS) is 15.2. The summed E-state index contributed by atoms with van der Waals surface area (Å²) in [6, 6.07) is 10.4. The number of hydrogen-bond acceptors (Lipinski definition) is 9. The molecule has 1 saturated heterocycles. The average molecular weight is 603 g/mol. The van der Waals surface area contributed by atoms with Gasteiger partial charge in [-0.3, -0.25) is 0 Å². The zero-order valence-electron chi connectivity index (χ0n) is 27.2. The van der Waals surface area contributed by atoms with E-state index >= 15 is 0 Å². The fraction of sp³-hybridized carbons (Fsp3) is 0.545. The number of likely N-dealkylation sites (N-methyl/N-ethyl adjacent to an activating group) is 1. The number of nitrogens with zero attached hydrogens (tertiary/aromatic N) is 5. The fourth-order valence-corrected chi connectivity index (χ4v) is 11.6. The molecule has 0 spiro atoms. The summed E-state index contributed by atoms with van der Waals surface area (Å²) in [4.78, 5) is 19.1. The highest BCUT2D eigenvalue weighted by atomic mass is 28.3. The number of pyridine rings is 1. The molecule has 0 bridgehead atoms. The highest BCUT2D eigenvalue weighted by molar-refractivity contribution is 6.90. The molecule has 0 amide bonds. The predicted molar refractivity (Wildman–Crippen MR) is 183 cm³/mol. The third-order valence-corrected chi connectivity index (χ3v) is 15.1. The molecule has 2 aromatic heterocycles. The molecule has 0 unspecified atom stereocenters. The number of aromatic nitrogens is 3. The Hall–Kier alpha value is -3.23. The molecule has 1 aliphatic rings. The Balaban J connectivity index is 1.69. The van der Waals surface area contributed by atoms with Crippen LogP contribution in [0.1, 0.15) is 47.1 Å². The van der Waals surface area contributed by atoms with Crippen molar-refractivity contribution in [2.75, 3.05) is 69.0 Å². The Morgan fingerprint density at radius 3 is 2.21 bits per heavy atom. The van der Waals surface area contributed by atoms with Crippen LogP contribution in [0.2, 0.25) is 16.6 Å². The van der Waals surface area contributed by atoms with Crippen molar-refractivity contribution in [3.05, 3.63) is 42.1 Å². The zero-order valence-corrected chi connectivity index (χ0v) is 28.2. The van der Waals surface area contributed by atoms with Gasteiger partial charge in [0.05, 0.1) is 18.0 Å². The second-order valence-corrected chi connectivity index (χ2v) is 18.2. The van der Waals surface area contributed by atoms with Gasteiger partial charge in [-0.25, -0.2) is 9.97 Å². The molecule has 10 heteroatoms.